The maximum absolute atomic E-state index is 10.0. The lowest BCUT2D eigenvalue weighted by molar-refractivity contribution is -0.0370. The van der Waals surface area contributed by atoms with Crippen LogP contribution in [0.25, 0.3) is 0 Å². The van der Waals surface area contributed by atoms with Gasteiger partial charge in [-0.1, -0.05) is 6.42 Å². The third kappa shape index (κ3) is 4.31. The molecule has 2 atom stereocenters. The number of morpholine rings is 1. The van der Waals surface area contributed by atoms with Gasteiger partial charge in [-0.3, -0.25) is 9.69 Å². The summed E-state index contributed by atoms with van der Waals surface area (Å²) in [6.07, 6.45) is 5.82. The Kier molecular flexibility index (Phi) is 5.88. The summed E-state index contributed by atoms with van der Waals surface area (Å²) in [7, 11) is 0. The second kappa shape index (κ2) is 6.96. The molecule has 87 valence electrons. The van der Waals surface area contributed by atoms with Crippen molar-refractivity contribution in [3.8, 4) is 0 Å². The Bertz CT molecular complexity index is 174. The van der Waals surface area contributed by atoms with E-state index in [0.29, 0.717) is 18.5 Å². The fourth-order valence-electron chi connectivity index (χ4n) is 2.14. The molecule has 0 aliphatic carbocycles. The summed E-state index contributed by atoms with van der Waals surface area (Å²) in [6.45, 7) is 7.27. The summed E-state index contributed by atoms with van der Waals surface area (Å²) in [4.78, 5) is 12.5. The number of ether oxygens (including phenoxy) is 1. The van der Waals surface area contributed by atoms with Gasteiger partial charge in [0.1, 0.15) is 0 Å². The van der Waals surface area contributed by atoms with Gasteiger partial charge in [0, 0.05) is 18.5 Å². The van der Waals surface area contributed by atoms with Crippen molar-refractivity contribution in [3.05, 3.63) is 0 Å². The fourth-order valence-corrected chi connectivity index (χ4v) is 2.14. The molecule has 1 saturated heterocycles. The highest BCUT2D eigenvalue weighted by Crippen LogP contribution is 2.14. The molecular weight excluding hydrogens is 190 g/mol. The van der Waals surface area contributed by atoms with Gasteiger partial charge in [0.25, 0.3) is 0 Å². The van der Waals surface area contributed by atoms with E-state index < -0.39 is 0 Å². The Morgan fingerprint density at radius 2 is 1.87 bits per heavy atom. The van der Waals surface area contributed by atoms with Crippen LogP contribution in [0.15, 0.2) is 0 Å². The van der Waals surface area contributed by atoms with E-state index in [1.165, 1.54) is 6.42 Å². The zero-order chi connectivity index (χ0) is 11.1. The van der Waals surface area contributed by atoms with Crippen molar-refractivity contribution in [2.24, 2.45) is 0 Å². The molecule has 1 aliphatic rings. The van der Waals surface area contributed by atoms with Crippen molar-refractivity contribution >= 4 is 6.29 Å². The quantitative estimate of drug-likeness (QED) is 0.628. The normalized spacial score (nSPS) is 27.9. The number of rotatable bonds is 6. The number of unbranched alkanes of at least 4 members (excludes halogenated alkanes) is 3. The largest absolute Gasteiger partial charge is 0.378 e. The average Bonchev–Trinajstić information content (AvgIpc) is 2.21. The number of hydrogen-bond donors (Lipinski definition) is 0. The third-order valence-electron chi connectivity index (χ3n) is 3.05. The second-order valence-corrected chi connectivity index (χ2v) is 4.43. The maximum atomic E-state index is 10.0. The Labute approximate surface area is 92.8 Å². The van der Waals surface area contributed by atoms with Gasteiger partial charge in [0.2, 0.25) is 0 Å². The highest BCUT2D eigenvalue weighted by molar-refractivity contribution is 5.50. The number of hydrogen-bond acceptors (Lipinski definition) is 3. The van der Waals surface area contributed by atoms with E-state index in [0.717, 1.165) is 32.6 Å². The summed E-state index contributed by atoms with van der Waals surface area (Å²) >= 11 is 0. The van der Waals surface area contributed by atoms with E-state index >= 15 is 0 Å². The topological polar surface area (TPSA) is 29.5 Å². The van der Waals surface area contributed by atoms with Crippen LogP contribution in [0, 0.1) is 0 Å². The summed E-state index contributed by atoms with van der Waals surface area (Å²) in [6, 6.07) is 1.07. The molecular formula is C12H22NO2. The molecule has 1 radical (unpaired) electrons. The van der Waals surface area contributed by atoms with Crippen molar-refractivity contribution in [2.45, 2.75) is 51.6 Å². The minimum absolute atomic E-state index is 0.534. The zero-order valence-corrected chi connectivity index (χ0v) is 9.87. The summed E-state index contributed by atoms with van der Waals surface area (Å²) in [5, 5.41) is 0. The van der Waals surface area contributed by atoms with Crippen molar-refractivity contribution < 1.29 is 9.53 Å². The van der Waals surface area contributed by atoms with Crippen LogP contribution in [0.2, 0.25) is 0 Å². The molecule has 0 aromatic carbocycles. The van der Waals surface area contributed by atoms with E-state index in [4.69, 9.17) is 4.74 Å². The van der Waals surface area contributed by atoms with Crippen molar-refractivity contribution in [1.29, 1.82) is 0 Å². The maximum Gasteiger partial charge on any atom is 0.198 e. The van der Waals surface area contributed by atoms with Crippen LogP contribution in [-0.2, 0) is 9.53 Å². The van der Waals surface area contributed by atoms with Gasteiger partial charge in [-0.25, -0.2) is 0 Å². The molecule has 0 saturated carbocycles. The minimum atomic E-state index is 0.534. The van der Waals surface area contributed by atoms with E-state index in [2.05, 4.69) is 18.7 Å². The predicted octanol–water partition coefficient (Wildman–Crippen LogP) is 1.77. The summed E-state index contributed by atoms with van der Waals surface area (Å²) in [5.41, 5.74) is 0. The van der Waals surface area contributed by atoms with Crippen LogP contribution in [0.5, 0.6) is 0 Å². The first-order valence-electron chi connectivity index (χ1n) is 5.94. The molecule has 0 bridgehead atoms. The molecule has 0 amide bonds. The Hall–Kier alpha value is -0.410. The number of carbonyl (C=O) groups excluding carboxylic acids is 1. The lowest BCUT2D eigenvalue weighted by Gasteiger charge is -2.38. The van der Waals surface area contributed by atoms with Gasteiger partial charge in [-0.2, -0.15) is 0 Å². The van der Waals surface area contributed by atoms with Crippen molar-refractivity contribution in [2.75, 3.05) is 19.8 Å². The first kappa shape index (κ1) is 12.7. The van der Waals surface area contributed by atoms with Crippen LogP contribution in [-0.4, -0.2) is 43.0 Å². The molecule has 1 rings (SSSR count). The van der Waals surface area contributed by atoms with Crippen molar-refractivity contribution in [1.82, 2.24) is 4.90 Å². The lowest BCUT2D eigenvalue weighted by atomic mass is 10.1. The van der Waals surface area contributed by atoms with Gasteiger partial charge in [-0.15, -0.1) is 0 Å². The van der Waals surface area contributed by atoms with E-state index in [9.17, 15) is 4.79 Å². The van der Waals surface area contributed by atoms with Gasteiger partial charge < -0.3 is 4.74 Å². The SMILES string of the molecule is CC1COCC(C)N1CCCCC[C]=O. The molecule has 15 heavy (non-hydrogen) atoms. The third-order valence-corrected chi connectivity index (χ3v) is 3.05. The smallest absolute Gasteiger partial charge is 0.198 e. The van der Waals surface area contributed by atoms with E-state index in [1.807, 2.05) is 6.29 Å². The highest BCUT2D eigenvalue weighted by atomic mass is 16.5. The first-order valence-corrected chi connectivity index (χ1v) is 5.94. The van der Waals surface area contributed by atoms with Crippen LogP contribution in [0.4, 0.5) is 0 Å². The van der Waals surface area contributed by atoms with Gasteiger partial charge in [0.15, 0.2) is 6.29 Å². The highest BCUT2D eigenvalue weighted by Gasteiger charge is 2.24. The summed E-state index contributed by atoms with van der Waals surface area (Å²) < 4.78 is 5.48. The standard InChI is InChI=1S/C12H22NO2/c1-11-9-15-10-12(2)13(11)7-5-3-4-6-8-14/h11-12H,3-7,9-10H2,1-2H3. The fraction of sp³-hybridized carbons (Fsp3) is 0.917. The molecule has 3 nitrogen and oxygen atoms in total. The van der Waals surface area contributed by atoms with Gasteiger partial charge in [-0.05, 0) is 33.2 Å². The zero-order valence-electron chi connectivity index (χ0n) is 9.87. The molecule has 0 N–H and O–H groups in total. The molecule has 3 heteroatoms. The Morgan fingerprint density at radius 1 is 1.20 bits per heavy atom. The number of nitrogens with zero attached hydrogens (tertiary/aromatic N) is 1. The van der Waals surface area contributed by atoms with Crippen LogP contribution in [0.1, 0.15) is 39.5 Å². The Morgan fingerprint density at radius 3 is 2.47 bits per heavy atom. The van der Waals surface area contributed by atoms with E-state index in [-0.39, 0.29) is 0 Å². The summed E-state index contributed by atoms with van der Waals surface area (Å²) in [5.74, 6) is 0. The van der Waals surface area contributed by atoms with E-state index in [1.54, 1.807) is 0 Å². The minimum Gasteiger partial charge on any atom is -0.378 e. The van der Waals surface area contributed by atoms with Gasteiger partial charge in [0.05, 0.1) is 13.2 Å². The predicted molar refractivity (Wildman–Crippen MR) is 60.6 cm³/mol. The molecule has 0 aromatic rings. The molecule has 0 aromatic heterocycles. The van der Waals surface area contributed by atoms with Crippen LogP contribution < -0.4 is 0 Å². The molecule has 2 unspecified atom stereocenters. The van der Waals surface area contributed by atoms with Gasteiger partial charge >= 0.3 is 0 Å². The average molecular weight is 212 g/mol. The molecule has 0 spiro atoms. The van der Waals surface area contributed by atoms with Crippen molar-refractivity contribution in [3.63, 3.8) is 0 Å². The molecule has 1 aliphatic heterocycles. The Balaban J connectivity index is 2.14. The monoisotopic (exact) mass is 212 g/mol. The first-order chi connectivity index (χ1) is 7.25. The molecule has 1 fully saturated rings. The molecule has 1 heterocycles. The lowest BCUT2D eigenvalue weighted by Crippen LogP contribution is -2.49. The van der Waals surface area contributed by atoms with Crippen LogP contribution >= 0.6 is 0 Å². The second-order valence-electron chi connectivity index (χ2n) is 4.43. The van der Waals surface area contributed by atoms with Crippen LogP contribution in [0.3, 0.4) is 0 Å².